The van der Waals surface area contributed by atoms with Crippen LogP contribution in [0.4, 0.5) is 0 Å². The van der Waals surface area contributed by atoms with Crippen LogP contribution >= 0.6 is 15.9 Å². The van der Waals surface area contributed by atoms with Crippen LogP contribution in [0.25, 0.3) is 0 Å². The van der Waals surface area contributed by atoms with Gasteiger partial charge in [0, 0.05) is 24.3 Å². The second kappa shape index (κ2) is 5.16. The van der Waals surface area contributed by atoms with Gasteiger partial charge in [0.25, 0.3) is 5.91 Å². The summed E-state index contributed by atoms with van der Waals surface area (Å²) in [4.78, 5) is 22.2. The standard InChI is InChI=1S/C10H13BrN2O3/c1-6(10(15)16)4-12-9(14)8-3-7(11)5-13(8)2/h3,5-6H,4H2,1-2H3,(H,12,14)(H,15,16)/t6-/m1/s1. The van der Waals surface area contributed by atoms with Gasteiger partial charge in [-0.15, -0.1) is 0 Å². The van der Waals surface area contributed by atoms with E-state index in [9.17, 15) is 9.59 Å². The zero-order valence-electron chi connectivity index (χ0n) is 9.03. The number of rotatable bonds is 4. The van der Waals surface area contributed by atoms with E-state index in [1.807, 2.05) is 0 Å². The van der Waals surface area contributed by atoms with Gasteiger partial charge in [0.05, 0.1) is 5.92 Å². The molecule has 1 rings (SSSR count). The van der Waals surface area contributed by atoms with Gasteiger partial charge in [-0.1, -0.05) is 6.92 Å². The van der Waals surface area contributed by atoms with Crippen molar-refractivity contribution < 1.29 is 14.7 Å². The fraction of sp³-hybridized carbons (Fsp3) is 0.400. The summed E-state index contributed by atoms with van der Waals surface area (Å²) in [5.74, 6) is -1.79. The summed E-state index contributed by atoms with van der Waals surface area (Å²) in [6.07, 6.45) is 1.76. The third-order valence-electron chi connectivity index (χ3n) is 2.19. The minimum Gasteiger partial charge on any atom is -0.481 e. The highest BCUT2D eigenvalue weighted by molar-refractivity contribution is 9.10. The fourth-order valence-corrected chi connectivity index (χ4v) is 1.70. The lowest BCUT2D eigenvalue weighted by atomic mass is 10.2. The molecule has 2 N–H and O–H groups in total. The predicted molar refractivity (Wildman–Crippen MR) is 62.2 cm³/mol. The number of aliphatic carboxylic acids is 1. The van der Waals surface area contributed by atoms with Gasteiger partial charge in [-0.2, -0.15) is 0 Å². The Morgan fingerprint density at radius 2 is 2.25 bits per heavy atom. The van der Waals surface area contributed by atoms with Crippen molar-refractivity contribution in [1.29, 1.82) is 0 Å². The Hall–Kier alpha value is -1.30. The lowest BCUT2D eigenvalue weighted by Crippen LogP contribution is -2.32. The molecule has 88 valence electrons. The molecule has 0 aliphatic carbocycles. The SMILES string of the molecule is C[C@H](CNC(=O)c1cc(Br)cn1C)C(=O)O. The summed E-state index contributed by atoms with van der Waals surface area (Å²) in [5, 5.41) is 11.2. The van der Waals surface area contributed by atoms with Crippen LogP contribution in [0.1, 0.15) is 17.4 Å². The van der Waals surface area contributed by atoms with E-state index in [1.165, 1.54) is 0 Å². The minimum atomic E-state index is -0.923. The van der Waals surface area contributed by atoms with Crippen LogP contribution in [0.3, 0.4) is 0 Å². The summed E-state index contributed by atoms with van der Waals surface area (Å²) in [5.41, 5.74) is 0.490. The molecule has 5 nitrogen and oxygen atoms in total. The number of carboxylic acids is 1. The Kier molecular flexibility index (Phi) is 4.12. The Balaban J connectivity index is 2.60. The molecule has 1 heterocycles. The highest BCUT2D eigenvalue weighted by atomic mass is 79.9. The van der Waals surface area contributed by atoms with E-state index in [2.05, 4.69) is 21.2 Å². The van der Waals surface area contributed by atoms with E-state index >= 15 is 0 Å². The third kappa shape index (κ3) is 3.10. The number of carbonyl (C=O) groups excluding carboxylic acids is 1. The highest BCUT2D eigenvalue weighted by Gasteiger charge is 2.15. The second-order valence-electron chi connectivity index (χ2n) is 3.60. The number of aromatic nitrogens is 1. The topological polar surface area (TPSA) is 71.3 Å². The molecule has 0 aliphatic rings. The van der Waals surface area contributed by atoms with Crippen molar-refractivity contribution in [3.05, 3.63) is 22.4 Å². The van der Waals surface area contributed by atoms with Crippen molar-refractivity contribution >= 4 is 27.8 Å². The van der Waals surface area contributed by atoms with Gasteiger partial charge in [-0.3, -0.25) is 9.59 Å². The first-order valence-electron chi connectivity index (χ1n) is 4.74. The van der Waals surface area contributed by atoms with E-state index in [-0.39, 0.29) is 12.5 Å². The molecular formula is C10H13BrN2O3. The number of carboxylic acid groups (broad SMARTS) is 1. The van der Waals surface area contributed by atoms with Crippen LogP contribution in [0, 0.1) is 5.92 Å². The normalized spacial score (nSPS) is 12.2. The number of amides is 1. The van der Waals surface area contributed by atoms with Gasteiger partial charge < -0.3 is 15.0 Å². The molecule has 1 amide bonds. The van der Waals surface area contributed by atoms with E-state index < -0.39 is 11.9 Å². The average molecular weight is 289 g/mol. The maximum absolute atomic E-state index is 11.7. The Labute approximate surface area is 102 Å². The maximum Gasteiger partial charge on any atom is 0.308 e. The van der Waals surface area contributed by atoms with E-state index in [1.54, 1.807) is 30.8 Å². The van der Waals surface area contributed by atoms with Crippen molar-refractivity contribution in [3.8, 4) is 0 Å². The molecule has 0 radical (unpaired) electrons. The highest BCUT2D eigenvalue weighted by Crippen LogP contribution is 2.13. The average Bonchev–Trinajstić information content (AvgIpc) is 2.53. The van der Waals surface area contributed by atoms with Crippen LogP contribution < -0.4 is 5.32 Å². The zero-order chi connectivity index (χ0) is 12.3. The lowest BCUT2D eigenvalue weighted by Gasteiger charge is -2.08. The number of carbonyl (C=O) groups is 2. The van der Waals surface area contributed by atoms with Crippen LogP contribution in [0.5, 0.6) is 0 Å². The molecule has 0 spiro atoms. The first-order chi connectivity index (χ1) is 7.41. The van der Waals surface area contributed by atoms with Gasteiger partial charge >= 0.3 is 5.97 Å². The van der Waals surface area contributed by atoms with Gasteiger partial charge in [0.2, 0.25) is 0 Å². The summed E-state index contributed by atoms with van der Waals surface area (Å²) in [6.45, 7) is 1.67. The van der Waals surface area contributed by atoms with Gasteiger partial charge in [0.1, 0.15) is 5.69 Å². The van der Waals surface area contributed by atoms with E-state index in [0.29, 0.717) is 5.69 Å². The molecule has 0 aliphatic heterocycles. The molecule has 1 aromatic heterocycles. The summed E-state index contributed by atoms with van der Waals surface area (Å²) in [6, 6.07) is 1.68. The quantitative estimate of drug-likeness (QED) is 0.876. The monoisotopic (exact) mass is 288 g/mol. The number of nitrogens with zero attached hydrogens (tertiary/aromatic N) is 1. The second-order valence-corrected chi connectivity index (χ2v) is 4.52. The molecular weight excluding hydrogens is 276 g/mol. The van der Waals surface area contributed by atoms with Crippen LogP contribution in [0.15, 0.2) is 16.7 Å². The molecule has 0 unspecified atom stereocenters. The number of hydrogen-bond donors (Lipinski definition) is 2. The number of aryl methyl sites for hydroxylation is 1. The molecule has 0 saturated carbocycles. The summed E-state index contributed by atoms with van der Waals surface area (Å²) < 4.78 is 2.48. The molecule has 0 saturated heterocycles. The molecule has 0 bridgehead atoms. The Morgan fingerprint density at radius 3 is 2.69 bits per heavy atom. The minimum absolute atomic E-state index is 0.122. The van der Waals surface area contributed by atoms with Gasteiger partial charge in [-0.05, 0) is 22.0 Å². The first kappa shape index (κ1) is 12.8. The first-order valence-corrected chi connectivity index (χ1v) is 5.54. The van der Waals surface area contributed by atoms with Crippen molar-refractivity contribution in [2.45, 2.75) is 6.92 Å². The van der Waals surface area contributed by atoms with Crippen LogP contribution in [0.2, 0.25) is 0 Å². The third-order valence-corrected chi connectivity index (χ3v) is 2.63. The predicted octanol–water partition coefficient (Wildman–Crippen LogP) is 1.24. The van der Waals surface area contributed by atoms with Crippen LogP contribution in [-0.4, -0.2) is 28.1 Å². The van der Waals surface area contributed by atoms with Crippen molar-refractivity contribution in [2.75, 3.05) is 6.54 Å². The smallest absolute Gasteiger partial charge is 0.308 e. The van der Waals surface area contributed by atoms with Crippen molar-refractivity contribution in [1.82, 2.24) is 9.88 Å². The van der Waals surface area contributed by atoms with Crippen molar-refractivity contribution in [3.63, 3.8) is 0 Å². The van der Waals surface area contributed by atoms with E-state index in [4.69, 9.17) is 5.11 Å². The fourth-order valence-electron chi connectivity index (χ4n) is 1.17. The number of hydrogen-bond acceptors (Lipinski definition) is 2. The maximum atomic E-state index is 11.7. The molecule has 0 aromatic carbocycles. The Morgan fingerprint density at radius 1 is 1.62 bits per heavy atom. The summed E-state index contributed by atoms with van der Waals surface area (Å²) in [7, 11) is 1.75. The van der Waals surface area contributed by atoms with E-state index in [0.717, 1.165) is 4.47 Å². The van der Waals surface area contributed by atoms with Crippen LogP contribution in [-0.2, 0) is 11.8 Å². The number of nitrogens with one attached hydrogen (secondary N) is 1. The molecule has 0 fully saturated rings. The van der Waals surface area contributed by atoms with Crippen molar-refractivity contribution in [2.24, 2.45) is 13.0 Å². The molecule has 16 heavy (non-hydrogen) atoms. The Bertz CT molecular complexity index is 414. The molecule has 1 aromatic rings. The van der Waals surface area contributed by atoms with Gasteiger partial charge in [0.15, 0.2) is 0 Å². The largest absolute Gasteiger partial charge is 0.481 e. The lowest BCUT2D eigenvalue weighted by molar-refractivity contribution is -0.140. The number of halogens is 1. The summed E-state index contributed by atoms with van der Waals surface area (Å²) >= 11 is 3.26. The van der Waals surface area contributed by atoms with Gasteiger partial charge in [-0.25, -0.2) is 0 Å². The molecule has 6 heteroatoms. The zero-order valence-corrected chi connectivity index (χ0v) is 10.6. The molecule has 1 atom stereocenters.